The molecular formula is C11H12NO2+. The van der Waals surface area contributed by atoms with Crippen LogP contribution < -0.4 is 4.57 Å². The number of fused-ring (bicyclic) bond motifs is 1. The van der Waals surface area contributed by atoms with Crippen LogP contribution in [0.15, 0.2) is 24.5 Å². The molecular weight excluding hydrogens is 178 g/mol. The summed E-state index contributed by atoms with van der Waals surface area (Å²) in [7, 11) is 1.93. The molecule has 0 spiro atoms. The normalized spacial score (nSPS) is 10.7. The number of hydrogen-bond donors (Lipinski definition) is 2. The maximum atomic E-state index is 9.67. The molecule has 1 aromatic carbocycles. The SMILES string of the molecule is Cc1c[n+](C)cc2ccc(O)c(O)c12. The van der Waals surface area contributed by atoms with Gasteiger partial charge in [0.1, 0.15) is 7.05 Å². The van der Waals surface area contributed by atoms with Crippen LogP contribution in [0.25, 0.3) is 10.8 Å². The molecule has 0 bridgehead atoms. The zero-order valence-corrected chi connectivity index (χ0v) is 8.15. The van der Waals surface area contributed by atoms with Crippen molar-refractivity contribution in [3.05, 3.63) is 30.1 Å². The van der Waals surface area contributed by atoms with E-state index in [9.17, 15) is 10.2 Å². The van der Waals surface area contributed by atoms with Crippen molar-refractivity contribution in [3.63, 3.8) is 0 Å². The van der Waals surface area contributed by atoms with Crippen LogP contribution in [0.5, 0.6) is 11.5 Å². The lowest BCUT2D eigenvalue weighted by atomic mass is 10.1. The zero-order valence-electron chi connectivity index (χ0n) is 8.15. The number of aromatic hydroxyl groups is 2. The lowest BCUT2D eigenvalue weighted by molar-refractivity contribution is -0.670. The van der Waals surface area contributed by atoms with Gasteiger partial charge in [0.2, 0.25) is 0 Å². The summed E-state index contributed by atoms with van der Waals surface area (Å²) in [5.74, 6) is -0.116. The molecule has 3 heteroatoms. The summed E-state index contributed by atoms with van der Waals surface area (Å²) in [5.41, 5.74) is 0.943. The molecule has 1 heterocycles. The summed E-state index contributed by atoms with van der Waals surface area (Å²) in [4.78, 5) is 0. The summed E-state index contributed by atoms with van der Waals surface area (Å²) >= 11 is 0. The fourth-order valence-electron chi connectivity index (χ4n) is 1.74. The minimum absolute atomic E-state index is 0.0411. The maximum Gasteiger partial charge on any atom is 0.176 e. The average molecular weight is 190 g/mol. The number of phenolic OH excluding ortho intramolecular Hbond substituents is 2. The number of hydrogen-bond acceptors (Lipinski definition) is 2. The molecule has 1 aromatic heterocycles. The van der Waals surface area contributed by atoms with Crippen molar-refractivity contribution in [2.24, 2.45) is 7.05 Å². The molecule has 2 N–H and O–H groups in total. The Balaban J connectivity index is 2.95. The molecule has 0 radical (unpaired) electrons. The Morgan fingerprint density at radius 2 is 1.86 bits per heavy atom. The smallest absolute Gasteiger partial charge is 0.176 e. The summed E-state index contributed by atoms with van der Waals surface area (Å²) in [6, 6.07) is 3.29. The lowest BCUT2D eigenvalue weighted by Crippen LogP contribution is -2.26. The Labute approximate surface area is 81.9 Å². The van der Waals surface area contributed by atoms with Gasteiger partial charge >= 0.3 is 0 Å². The van der Waals surface area contributed by atoms with Crippen LogP contribution in [0.4, 0.5) is 0 Å². The Kier molecular flexibility index (Phi) is 1.81. The minimum atomic E-state index is -0.0746. The number of aromatic nitrogens is 1. The van der Waals surface area contributed by atoms with Crippen LogP contribution in [-0.4, -0.2) is 10.2 Å². The summed E-state index contributed by atoms with van der Waals surface area (Å²) < 4.78 is 1.92. The molecule has 2 aromatic rings. The fourth-order valence-corrected chi connectivity index (χ4v) is 1.74. The van der Waals surface area contributed by atoms with Crippen molar-refractivity contribution in [1.29, 1.82) is 0 Å². The van der Waals surface area contributed by atoms with E-state index in [0.717, 1.165) is 10.9 Å². The van der Waals surface area contributed by atoms with Gasteiger partial charge in [-0.2, -0.15) is 0 Å². The number of phenols is 2. The number of benzene rings is 1. The van der Waals surface area contributed by atoms with E-state index in [-0.39, 0.29) is 11.5 Å². The molecule has 0 aliphatic rings. The first kappa shape index (κ1) is 8.81. The molecule has 0 unspecified atom stereocenters. The molecule has 14 heavy (non-hydrogen) atoms. The molecule has 0 saturated carbocycles. The number of pyridine rings is 1. The number of rotatable bonds is 0. The molecule has 0 atom stereocenters. The summed E-state index contributed by atoms with van der Waals surface area (Å²) in [6.07, 6.45) is 3.81. The molecule has 72 valence electrons. The van der Waals surface area contributed by atoms with Crippen molar-refractivity contribution < 1.29 is 14.8 Å². The quantitative estimate of drug-likeness (QED) is 0.487. The largest absolute Gasteiger partial charge is 0.504 e. The van der Waals surface area contributed by atoms with Crippen molar-refractivity contribution >= 4 is 10.8 Å². The first-order chi connectivity index (χ1) is 6.59. The fraction of sp³-hybridized carbons (Fsp3) is 0.182. The molecule has 0 aliphatic heterocycles. The van der Waals surface area contributed by atoms with E-state index < -0.39 is 0 Å². The van der Waals surface area contributed by atoms with Gasteiger partial charge in [-0.3, -0.25) is 0 Å². The molecule has 2 rings (SSSR count). The monoisotopic (exact) mass is 190 g/mol. The second-order valence-corrected chi connectivity index (χ2v) is 3.50. The Bertz CT molecular complexity index is 506. The van der Waals surface area contributed by atoms with Gasteiger partial charge in [0.05, 0.1) is 0 Å². The Morgan fingerprint density at radius 1 is 1.14 bits per heavy atom. The lowest BCUT2D eigenvalue weighted by Gasteiger charge is -2.04. The van der Waals surface area contributed by atoms with Crippen LogP contribution in [0.3, 0.4) is 0 Å². The van der Waals surface area contributed by atoms with E-state index in [2.05, 4.69) is 0 Å². The van der Waals surface area contributed by atoms with Crippen LogP contribution >= 0.6 is 0 Å². The van der Waals surface area contributed by atoms with Gasteiger partial charge in [-0.25, -0.2) is 4.57 Å². The highest BCUT2D eigenvalue weighted by Crippen LogP contribution is 2.34. The molecule has 3 nitrogen and oxygen atoms in total. The average Bonchev–Trinajstić information content (AvgIpc) is 2.10. The van der Waals surface area contributed by atoms with E-state index in [4.69, 9.17) is 0 Å². The van der Waals surface area contributed by atoms with Crippen molar-refractivity contribution in [2.45, 2.75) is 6.92 Å². The van der Waals surface area contributed by atoms with Gasteiger partial charge in [-0.1, -0.05) is 0 Å². The summed E-state index contributed by atoms with van der Waals surface area (Å²) in [6.45, 7) is 1.90. The highest BCUT2D eigenvalue weighted by atomic mass is 16.3. The first-order valence-corrected chi connectivity index (χ1v) is 4.40. The van der Waals surface area contributed by atoms with Gasteiger partial charge < -0.3 is 10.2 Å². The third kappa shape index (κ3) is 1.18. The highest BCUT2D eigenvalue weighted by molar-refractivity contribution is 5.91. The zero-order chi connectivity index (χ0) is 10.3. The molecule has 0 amide bonds. The number of nitrogens with zero attached hydrogens (tertiary/aromatic N) is 1. The van der Waals surface area contributed by atoms with Crippen molar-refractivity contribution in [2.75, 3.05) is 0 Å². The van der Waals surface area contributed by atoms with Gasteiger partial charge in [0.15, 0.2) is 23.9 Å². The van der Waals surface area contributed by atoms with Gasteiger partial charge in [0.25, 0.3) is 0 Å². The van der Waals surface area contributed by atoms with E-state index in [1.165, 1.54) is 6.07 Å². The van der Waals surface area contributed by atoms with Crippen molar-refractivity contribution in [3.8, 4) is 11.5 Å². The highest BCUT2D eigenvalue weighted by Gasteiger charge is 2.11. The topological polar surface area (TPSA) is 44.3 Å². The molecule has 0 fully saturated rings. The third-order valence-electron chi connectivity index (χ3n) is 2.32. The van der Waals surface area contributed by atoms with Crippen LogP contribution in [0.2, 0.25) is 0 Å². The predicted octanol–water partition coefficient (Wildman–Crippen LogP) is 1.38. The van der Waals surface area contributed by atoms with E-state index >= 15 is 0 Å². The van der Waals surface area contributed by atoms with Crippen LogP contribution in [0.1, 0.15) is 5.56 Å². The molecule has 0 aliphatic carbocycles. The van der Waals surface area contributed by atoms with Crippen LogP contribution in [-0.2, 0) is 7.05 Å². The summed E-state index contributed by atoms with van der Waals surface area (Å²) in [5, 5.41) is 20.7. The van der Waals surface area contributed by atoms with Gasteiger partial charge in [-0.15, -0.1) is 0 Å². The second-order valence-electron chi connectivity index (χ2n) is 3.50. The Hall–Kier alpha value is -1.77. The van der Waals surface area contributed by atoms with E-state index in [0.29, 0.717) is 5.39 Å². The standard InChI is InChI=1S/C11H11NO2/c1-7-5-12(2)6-8-3-4-9(13)11(14)10(7)8/h3-6,14H,1-2H3/p+1. The first-order valence-electron chi connectivity index (χ1n) is 4.40. The van der Waals surface area contributed by atoms with Crippen LogP contribution in [0, 0.1) is 6.92 Å². The number of aryl methyl sites for hydroxylation is 2. The van der Waals surface area contributed by atoms with Crippen molar-refractivity contribution in [1.82, 2.24) is 0 Å². The van der Waals surface area contributed by atoms with Gasteiger partial charge in [-0.05, 0) is 19.1 Å². The Morgan fingerprint density at radius 3 is 2.57 bits per heavy atom. The predicted molar refractivity (Wildman–Crippen MR) is 53.2 cm³/mol. The van der Waals surface area contributed by atoms with E-state index in [1.807, 2.05) is 30.9 Å². The third-order valence-corrected chi connectivity index (χ3v) is 2.32. The van der Waals surface area contributed by atoms with E-state index in [1.54, 1.807) is 6.07 Å². The minimum Gasteiger partial charge on any atom is -0.504 e. The second kappa shape index (κ2) is 2.87. The maximum absolute atomic E-state index is 9.67. The van der Waals surface area contributed by atoms with Gasteiger partial charge in [0, 0.05) is 16.3 Å². The molecule has 0 saturated heterocycles.